The molecule has 0 atom stereocenters. The third-order valence-corrected chi connectivity index (χ3v) is 5.66. The molecule has 2 aromatic carbocycles. The van der Waals surface area contributed by atoms with Crippen LogP contribution in [-0.2, 0) is 13.2 Å². The summed E-state index contributed by atoms with van der Waals surface area (Å²) in [5.74, 6) is -0.185. The third kappa shape index (κ3) is 4.85. The van der Waals surface area contributed by atoms with Crippen molar-refractivity contribution in [2.75, 3.05) is 23.0 Å². The van der Waals surface area contributed by atoms with Gasteiger partial charge >= 0.3 is 12.2 Å². The second-order valence-electron chi connectivity index (χ2n) is 8.11. The van der Waals surface area contributed by atoms with Crippen molar-refractivity contribution in [3.8, 4) is 11.1 Å². The van der Waals surface area contributed by atoms with Crippen molar-refractivity contribution in [3.63, 3.8) is 0 Å². The van der Waals surface area contributed by atoms with Crippen LogP contribution in [-0.4, -0.2) is 22.6 Å². The molecule has 2 amide bonds. The number of pyridine rings is 2. The van der Waals surface area contributed by atoms with Gasteiger partial charge in [0.15, 0.2) is 0 Å². The topological polar surface area (TPSA) is 88.1 Å². The van der Waals surface area contributed by atoms with E-state index < -0.39 is 23.6 Å². The highest BCUT2D eigenvalue weighted by Crippen LogP contribution is 2.31. The lowest BCUT2D eigenvalue weighted by Crippen LogP contribution is -2.21. The molecule has 0 radical (unpaired) electrons. The number of hydrogen-bond donors (Lipinski definition) is 3. The van der Waals surface area contributed by atoms with Crippen LogP contribution in [0, 0.1) is 12.7 Å². The van der Waals surface area contributed by atoms with Crippen molar-refractivity contribution in [2.24, 2.45) is 7.05 Å². The number of halogens is 4. The van der Waals surface area contributed by atoms with E-state index in [-0.39, 0.29) is 22.5 Å². The van der Waals surface area contributed by atoms with Crippen LogP contribution in [0.5, 0.6) is 0 Å². The van der Waals surface area contributed by atoms with Crippen LogP contribution < -0.4 is 21.5 Å². The molecule has 0 aliphatic rings. The molecule has 0 saturated heterocycles. The van der Waals surface area contributed by atoms with E-state index in [1.807, 2.05) is 0 Å². The maximum Gasteiger partial charge on any atom is 0.416 e. The largest absolute Gasteiger partial charge is 0.416 e. The van der Waals surface area contributed by atoms with Gasteiger partial charge in [-0.05, 0) is 54.4 Å². The zero-order valence-electron chi connectivity index (χ0n) is 19.4. The van der Waals surface area contributed by atoms with E-state index in [1.165, 1.54) is 22.8 Å². The summed E-state index contributed by atoms with van der Waals surface area (Å²) in [6.07, 6.45) is -2.98. The van der Waals surface area contributed by atoms with Crippen LogP contribution >= 0.6 is 0 Å². The Balaban J connectivity index is 1.68. The van der Waals surface area contributed by atoms with Gasteiger partial charge in [0.05, 0.1) is 16.8 Å². The first-order chi connectivity index (χ1) is 17.0. The summed E-state index contributed by atoms with van der Waals surface area (Å²) >= 11 is 0. The molecule has 3 N–H and O–H groups in total. The van der Waals surface area contributed by atoms with Gasteiger partial charge in [-0.2, -0.15) is 13.2 Å². The summed E-state index contributed by atoms with van der Waals surface area (Å²) < 4.78 is 54.9. The van der Waals surface area contributed by atoms with Crippen molar-refractivity contribution in [2.45, 2.75) is 13.1 Å². The van der Waals surface area contributed by atoms with E-state index in [0.29, 0.717) is 27.8 Å². The van der Waals surface area contributed by atoms with E-state index in [4.69, 9.17) is 0 Å². The molecular weight excluding hydrogens is 478 g/mol. The van der Waals surface area contributed by atoms with Gasteiger partial charge < -0.3 is 20.5 Å². The molecule has 0 saturated carbocycles. The number of fused-ring (bicyclic) bond motifs is 1. The maximum absolute atomic E-state index is 14.7. The van der Waals surface area contributed by atoms with Crippen molar-refractivity contribution in [3.05, 3.63) is 82.0 Å². The van der Waals surface area contributed by atoms with E-state index >= 15 is 0 Å². The number of carbonyl (C=O) groups excluding carboxylic acids is 1. The Bertz CT molecular complexity index is 1550. The molecule has 0 aliphatic carbocycles. The molecule has 2 heterocycles. The van der Waals surface area contributed by atoms with Crippen LogP contribution in [0.1, 0.15) is 11.1 Å². The number of hydrogen-bond acceptors (Lipinski definition) is 4. The van der Waals surface area contributed by atoms with Gasteiger partial charge in [0.2, 0.25) is 0 Å². The first-order valence-electron chi connectivity index (χ1n) is 10.7. The fourth-order valence-corrected chi connectivity index (χ4v) is 3.81. The van der Waals surface area contributed by atoms with Gasteiger partial charge in [0, 0.05) is 43.0 Å². The molecule has 0 fully saturated rings. The zero-order chi connectivity index (χ0) is 26.2. The fraction of sp³-hybridized carbons (Fsp3) is 0.160. The lowest BCUT2D eigenvalue weighted by molar-refractivity contribution is -0.137. The SMILES string of the molecule is CNc1cc2c(cn1)cc(-c1cc(NC(=O)Nc3cccc(C(F)(F)F)c3)c(F)cc1C)c(=O)n2C. The normalized spacial score (nSPS) is 11.4. The molecular formula is C25H21F4N5O2. The van der Waals surface area contributed by atoms with Crippen LogP contribution in [0.2, 0.25) is 0 Å². The number of urea groups is 1. The Kier molecular flexibility index (Phi) is 6.40. The second kappa shape index (κ2) is 9.33. The molecule has 0 spiro atoms. The summed E-state index contributed by atoms with van der Waals surface area (Å²) in [5.41, 5.74) is 0.0956. The average Bonchev–Trinajstić information content (AvgIpc) is 2.82. The maximum atomic E-state index is 14.7. The Morgan fingerprint density at radius 3 is 2.47 bits per heavy atom. The van der Waals surface area contributed by atoms with Gasteiger partial charge in [0.1, 0.15) is 11.6 Å². The highest BCUT2D eigenvalue weighted by Gasteiger charge is 2.30. The number of benzene rings is 2. The quantitative estimate of drug-likeness (QED) is 0.312. The minimum atomic E-state index is -4.58. The highest BCUT2D eigenvalue weighted by atomic mass is 19.4. The van der Waals surface area contributed by atoms with Crippen LogP contribution in [0.3, 0.4) is 0 Å². The molecule has 0 bridgehead atoms. The first-order valence-corrected chi connectivity index (χ1v) is 10.7. The minimum absolute atomic E-state index is 0.119. The minimum Gasteiger partial charge on any atom is -0.373 e. The zero-order valence-corrected chi connectivity index (χ0v) is 19.4. The van der Waals surface area contributed by atoms with Crippen molar-refractivity contribution in [1.29, 1.82) is 0 Å². The molecule has 2 aromatic heterocycles. The lowest BCUT2D eigenvalue weighted by Gasteiger charge is -2.15. The average molecular weight is 499 g/mol. The molecule has 7 nitrogen and oxygen atoms in total. The van der Waals surface area contributed by atoms with Gasteiger partial charge in [-0.25, -0.2) is 14.2 Å². The molecule has 186 valence electrons. The van der Waals surface area contributed by atoms with Crippen molar-refractivity contribution >= 4 is 34.1 Å². The van der Waals surface area contributed by atoms with Crippen LogP contribution in [0.15, 0.2) is 59.5 Å². The molecule has 0 unspecified atom stereocenters. The Morgan fingerprint density at radius 1 is 1.03 bits per heavy atom. The standard InChI is InChI=1S/C25H21F4N5O2/c1-13-7-19(26)20(33-24(36)32-16-6-4-5-15(9-16)25(27,28)29)10-17(13)18-8-14-12-31-22(30-2)11-21(14)34(3)23(18)35/h4-12H,1-3H3,(H,30,31)(H2,32,33,36). The van der Waals surface area contributed by atoms with E-state index in [1.54, 1.807) is 39.3 Å². The van der Waals surface area contributed by atoms with Gasteiger partial charge in [-0.3, -0.25) is 4.79 Å². The molecule has 4 rings (SSSR count). The molecule has 4 aromatic rings. The summed E-state index contributed by atoms with van der Waals surface area (Å²) in [4.78, 5) is 29.8. The molecule has 0 aliphatic heterocycles. The number of aryl methyl sites for hydroxylation is 2. The fourth-order valence-electron chi connectivity index (χ4n) is 3.81. The number of carbonyl (C=O) groups is 1. The molecule has 36 heavy (non-hydrogen) atoms. The molecule has 11 heteroatoms. The number of amides is 2. The summed E-state index contributed by atoms with van der Waals surface area (Å²) in [7, 11) is 3.31. The van der Waals surface area contributed by atoms with Crippen molar-refractivity contribution < 1.29 is 22.4 Å². The van der Waals surface area contributed by atoms with Gasteiger partial charge in [0.25, 0.3) is 5.56 Å². The Hall–Kier alpha value is -4.41. The highest BCUT2D eigenvalue weighted by molar-refractivity contribution is 6.00. The predicted octanol–water partition coefficient (Wildman–Crippen LogP) is 5.75. The summed E-state index contributed by atoms with van der Waals surface area (Å²) in [6, 6.07) is 8.95. The van der Waals surface area contributed by atoms with Crippen molar-refractivity contribution in [1.82, 2.24) is 9.55 Å². The van der Waals surface area contributed by atoms with Gasteiger partial charge in [-0.15, -0.1) is 0 Å². The summed E-state index contributed by atoms with van der Waals surface area (Å²) in [5, 5.41) is 8.15. The van der Waals surface area contributed by atoms with Crippen LogP contribution in [0.4, 0.5) is 39.5 Å². The lowest BCUT2D eigenvalue weighted by atomic mass is 9.99. The number of nitrogens with zero attached hydrogens (tertiary/aromatic N) is 2. The van der Waals surface area contributed by atoms with Gasteiger partial charge in [-0.1, -0.05) is 6.07 Å². The number of nitrogens with one attached hydrogen (secondary N) is 3. The Morgan fingerprint density at radius 2 is 1.78 bits per heavy atom. The number of aromatic nitrogens is 2. The number of anilines is 3. The summed E-state index contributed by atoms with van der Waals surface area (Å²) in [6.45, 7) is 1.62. The van der Waals surface area contributed by atoms with E-state index in [9.17, 15) is 27.2 Å². The second-order valence-corrected chi connectivity index (χ2v) is 8.11. The van der Waals surface area contributed by atoms with E-state index in [0.717, 1.165) is 18.2 Å². The number of alkyl halides is 3. The Labute approximate surface area is 202 Å². The first kappa shape index (κ1) is 24.7. The smallest absolute Gasteiger partial charge is 0.373 e. The van der Waals surface area contributed by atoms with Crippen LogP contribution in [0.25, 0.3) is 22.0 Å². The number of rotatable bonds is 4. The monoisotopic (exact) mass is 499 g/mol. The predicted molar refractivity (Wildman–Crippen MR) is 131 cm³/mol. The van der Waals surface area contributed by atoms with E-state index in [2.05, 4.69) is 20.9 Å². The third-order valence-electron chi connectivity index (χ3n) is 5.66.